The van der Waals surface area contributed by atoms with E-state index >= 15 is 0 Å². The molecule has 0 atom stereocenters. The summed E-state index contributed by atoms with van der Waals surface area (Å²) in [5.41, 5.74) is 3.81. The Morgan fingerprint density at radius 3 is 1.37 bits per heavy atom. The summed E-state index contributed by atoms with van der Waals surface area (Å²) in [6.07, 6.45) is 0. The van der Waals surface area contributed by atoms with E-state index in [1.807, 2.05) is 36.4 Å². The fourth-order valence-corrected chi connectivity index (χ4v) is 3.50. The van der Waals surface area contributed by atoms with E-state index in [0.717, 1.165) is 16.0 Å². The molecule has 0 aromatic heterocycles. The van der Waals surface area contributed by atoms with Gasteiger partial charge in [-0.15, -0.1) is 0 Å². The maximum atomic E-state index is 5.96. The van der Waals surface area contributed by atoms with Gasteiger partial charge < -0.3 is 4.74 Å². The van der Waals surface area contributed by atoms with Crippen molar-refractivity contribution >= 4 is 15.9 Å². The van der Waals surface area contributed by atoms with Crippen LogP contribution in [-0.2, 0) is 0 Å². The molecule has 0 bridgehead atoms. The van der Waals surface area contributed by atoms with E-state index in [1.165, 1.54) is 16.7 Å². The lowest BCUT2D eigenvalue weighted by Crippen LogP contribution is -2.03. The van der Waals surface area contributed by atoms with Gasteiger partial charge in [-0.3, -0.25) is 0 Å². The molecule has 0 amide bonds. The van der Waals surface area contributed by atoms with Crippen molar-refractivity contribution in [2.24, 2.45) is 0 Å². The zero-order chi connectivity index (χ0) is 18.5. The Hall–Kier alpha value is -2.84. The molecule has 4 aromatic carbocycles. The molecule has 0 spiro atoms. The molecule has 2 heteroatoms. The van der Waals surface area contributed by atoms with Crippen LogP contribution in [0.25, 0.3) is 0 Å². The lowest BCUT2D eigenvalue weighted by molar-refractivity contribution is 0.482. The van der Waals surface area contributed by atoms with Gasteiger partial charge in [-0.25, -0.2) is 0 Å². The largest absolute Gasteiger partial charge is 0.457 e. The number of hydrogen-bond acceptors (Lipinski definition) is 1. The van der Waals surface area contributed by atoms with Gasteiger partial charge in [-0.05, 0) is 53.1 Å². The second kappa shape index (κ2) is 8.24. The van der Waals surface area contributed by atoms with Gasteiger partial charge in [-0.2, -0.15) is 0 Å². The average Bonchev–Trinajstić information content (AvgIpc) is 2.73. The van der Waals surface area contributed by atoms with Gasteiger partial charge in [0.2, 0.25) is 0 Å². The van der Waals surface area contributed by atoms with Crippen molar-refractivity contribution in [1.82, 2.24) is 0 Å². The Bertz CT molecular complexity index is 938. The first kappa shape index (κ1) is 17.6. The van der Waals surface area contributed by atoms with Crippen LogP contribution in [0.15, 0.2) is 114 Å². The molecule has 132 valence electrons. The van der Waals surface area contributed by atoms with Gasteiger partial charge in [-0.1, -0.05) is 88.7 Å². The topological polar surface area (TPSA) is 9.23 Å². The van der Waals surface area contributed by atoms with Crippen LogP contribution in [0.3, 0.4) is 0 Å². The average molecular weight is 415 g/mol. The molecule has 0 unspecified atom stereocenters. The first-order valence-corrected chi connectivity index (χ1v) is 9.72. The molecule has 27 heavy (non-hydrogen) atoms. The van der Waals surface area contributed by atoms with Gasteiger partial charge in [0.1, 0.15) is 11.5 Å². The van der Waals surface area contributed by atoms with E-state index in [-0.39, 0.29) is 5.92 Å². The van der Waals surface area contributed by atoms with Crippen LogP contribution in [0.2, 0.25) is 0 Å². The van der Waals surface area contributed by atoms with E-state index in [4.69, 9.17) is 4.74 Å². The van der Waals surface area contributed by atoms with Crippen molar-refractivity contribution in [3.63, 3.8) is 0 Å². The predicted molar refractivity (Wildman–Crippen MR) is 114 cm³/mol. The van der Waals surface area contributed by atoms with Crippen LogP contribution in [0, 0.1) is 0 Å². The summed E-state index contributed by atoms with van der Waals surface area (Å²) in [4.78, 5) is 0. The fraction of sp³-hybridized carbons (Fsp3) is 0.0400. The van der Waals surface area contributed by atoms with Crippen LogP contribution in [-0.4, -0.2) is 0 Å². The van der Waals surface area contributed by atoms with E-state index in [1.54, 1.807) is 0 Å². The van der Waals surface area contributed by atoms with Crippen LogP contribution >= 0.6 is 15.9 Å². The second-order valence-corrected chi connectivity index (χ2v) is 7.30. The molecule has 0 saturated heterocycles. The first-order chi connectivity index (χ1) is 13.3. The van der Waals surface area contributed by atoms with Crippen molar-refractivity contribution in [2.75, 3.05) is 0 Å². The third-order valence-electron chi connectivity index (χ3n) is 4.53. The molecule has 0 saturated carbocycles. The third kappa shape index (κ3) is 4.29. The molecule has 4 rings (SSSR count). The summed E-state index contributed by atoms with van der Waals surface area (Å²) >= 11 is 3.45. The molecular weight excluding hydrogens is 396 g/mol. The van der Waals surface area contributed by atoms with Crippen molar-refractivity contribution in [2.45, 2.75) is 5.92 Å². The Labute approximate surface area is 168 Å². The van der Waals surface area contributed by atoms with Crippen molar-refractivity contribution in [3.05, 3.63) is 130 Å². The van der Waals surface area contributed by atoms with E-state index in [2.05, 4.69) is 88.7 Å². The van der Waals surface area contributed by atoms with Gasteiger partial charge >= 0.3 is 0 Å². The van der Waals surface area contributed by atoms with Gasteiger partial charge in [0.15, 0.2) is 0 Å². The van der Waals surface area contributed by atoms with Crippen LogP contribution in [0.1, 0.15) is 22.6 Å². The Kier molecular flexibility index (Phi) is 5.36. The van der Waals surface area contributed by atoms with Gasteiger partial charge in [0.05, 0.1) is 0 Å². The molecule has 0 aliphatic rings. The standard InChI is InChI=1S/C25H19BrO/c26-22-13-17-24(18-14-22)27-23-15-11-21(12-16-23)25(19-7-3-1-4-8-19)20-9-5-2-6-10-20/h1-18,25H. The predicted octanol–water partition coefficient (Wildman–Crippen LogP) is 7.42. The maximum absolute atomic E-state index is 5.96. The smallest absolute Gasteiger partial charge is 0.127 e. The summed E-state index contributed by atoms with van der Waals surface area (Å²) < 4.78 is 7.00. The minimum atomic E-state index is 0.203. The number of rotatable bonds is 5. The molecule has 4 aromatic rings. The summed E-state index contributed by atoms with van der Waals surface area (Å²) in [6, 6.07) is 37.5. The fourth-order valence-electron chi connectivity index (χ4n) is 3.24. The molecule has 1 nitrogen and oxygen atoms in total. The maximum Gasteiger partial charge on any atom is 0.127 e. The lowest BCUT2D eigenvalue weighted by atomic mass is 9.85. The van der Waals surface area contributed by atoms with Gasteiger partial charge in [0, 0.05) is 10.4 Å². The monoisotopic (exact) mass is 414 g/mol. The summed E-state index contributed by atoms with van der Waals surface area (Å²) in [7, 11) is 0. The van der Waals surface area contributed by atoms with E-state index < -0.39 is 0 Å². The highest BCUT2D eigenvalue weighted by atomic mass is 79.9. The molecule has 0 N–H and O–H groups in total. The molecule has 0 aliphatic carbocycles. The van der Waals surface area contributed by atoms with Crippen molar-refractivity contribution < 1.29 is 4.74 Å². The summed E-state index contributed by atoms with van der Waals surface area (Å²) in [6.45, 7) is 0. The number of hydrogen-bond donors (Lipinski definition) is 0. The van der Waals surface area contributed by atoms with Crippen LogP contribution < -0.4 is 4.74 Å². The van der Waals surface area contributed by atoms with E-state index in [0.29, 0.717) is 0 Å². The number of halogens is 1. The third-order valence-corrected chi connectivity index (χ3v) is 5.06. The van der Waals surface area contributed by atoms with Crippen molar-refractivity contribution in [3.8, 4) is 11.5 Å². The van der Waals surface area contributed by atoms with Crippen molar-refractivity contribution in [1.29, 1.82) is 0 Å². The molecule has 0 heterocycles. The Morgan fingerprint density at radius 2 is 0.889 bits per heavy atom. The minimum absolute atomic E-state index is 0.203. The molecule has 0 radical (unpaired) electrons. The lowest BCUT2D eigenvalue weighted by Gasteiger charge is -2.19. The highest BCUT2D eigenvalue weighted by Gasteiger charge is 2.16. The minimum Gasteiger partial charge on any atom is -0.457 e. The Balaban J connectivity index is 1.64. The highest BCUT2D eigenvalue weighted by molar-refractivity contribution is 9.10. The van der Waals surface area contributed by atoms with Crippen LogP contribution in [0.5, 0.6) is 11.5 Å². The Morgan fingerprint density at radius 1 is 0.481 bits per heavy atom. The number of ether oxygens (including phenoxy) is 1. The molecular formula is C25H19BrO. The van der Waals surface area contributed by atoms with Crippen LogP contribution in [0.4, 0.5) is 0 Å². The molecule has 0 fully saturated rings. The number of benzene rings is 4. The normalized spacial score (nSPS) is 10.7. The molecule has 0 aliphatic heterocycles. The first-order valence-electron chi connectivity index (χ1n) is 8.93. The van der Waals surface area contributed by atoms with E-state index in [9.17, 15) is 0 Å². The summed E-state index contributed by atoms with van der Waals surface area (Å²) in [5.74, 6) is 1.86. The zero-order valence-corrected chi connectivity index (χ0v) is 16.3. The highest BCUT2D eigenvalue weighted by Crippen LogP contribution is 2.33. The SMILES string of the molecule is Brc1ccc(Oc2ccc(C(c3ccccc3)c3ccccc3)cc2)cc1. The van der Waals surface area contributed by atoms with Gasteiger partial charge in [0.25, 0.3) is 0 Å². The zero-order valence-electron chi connectivity index (χ0n) is 14.8. The second-order valence-electron chi connectivity index (χ2n) is 6.38. The summed E-state index contributed by atoms with van der Waals surface area (Å²) in [5, 5.41) is 0. The quantitative estimate of drug-likeness (QED) is 0.308.